The number of sulfonamides is 1. The lowest BCUT2D eigenvalue weighted by Gasteiger charge is -2.36. The van der Waals surface area contributed by atoms with E-state index in [2.05, 4.69) is 35.7 Å². The number of hydrogen-bond donors (Lipinski definition) is 2. The summed E-state index contributed by atoms with van der Waals surface area (Å²) in [6.07, 6.45) is 3.36. The topological polar surface area (TPSA) is 108 Å². The Morgan fingerprint density at radius 3 is 2.55 bits per heavy atom. The molecule has 222 valence electrons. The number of carbonyl (C=O) groups is 1. The number of fused-ring (bicyclic) bond motifs is 1. The van der Waals surface area contributed by atoms with Gasteiger partial charge in [0.2, 0.25) is 10.0 Å². The molecule has 0 bridgehead atoms. The van der Waals surface area contributed by atoms with Crippen LogP contribution >= 0.6 is 0 Å². The highest BCUT2D eigenvalue weighted by atomic mass is 32.2. The van der Waals surface area contributed by atoms with Gasteiger partial charge in [0.1, 0.15) is 5.75 Å². The van der Waals surface area contributed by atoms with Crippen LogP contribution in [0, 0.1) is 5.92 Å². The first-order chi connectivity index (χ1) is 19.0. The fraction of sp³-hybridized carbons (Fsp3) is 0.567. The summed E-state index contributed by atoms with van der Waals surface area (Å²) < 4.78 is 38.8. The smallest absolute Gasteiger partial charge is 0.258 e. The number of anilines is 1. The monoisotopic (exact) mass is 575 g/mol. The van der Waals surface area contributed by atoms with Gasteiger partial charge in [-0.2, -0.15) is 0 Å². The van der Waals surface area contributed by atoms with E-state index in [1.54, 1.807) is 24.0 Å². The molecule has 0 aliphatic carbocycles. The lowest BCUT2D eigenvalue weighted by atomic mass is 10.0. The molecule has 4 atom stereocenters. The Kier molecular flexibility index (Phi) is 11.8. The van der Waals surface area contributed by atoms with Gasteiger partial charge in [0, 0.05) is 37.8 Å². The second kappa shape index (κ2) is 14.8. The molecule has 40 heavy (non-hydrogen) atoms. The van der Waals surface area contributed by atoms with Crippen LogP contribution in [-0.4, -0.2) is 87.1 Å². The SMILES string of the molecule is C[C@@H]1CCCCO[C@@H](CN(C)Cc2ccccc2)[C@@H](C)CN([C@H](C)CO)C(=O)c2cc(NS(C)(=O)=O)ccc2O1. The van der Waals surface area contributed by atoms with E-state index in [-0.39, 0.29) is 41.9 Å². The van der Waals surface area contributed by atoms with Crippen molar-refractivity contribution in [3.05, 3.63) is 59.7 Å². The maximum Gasteiger partial charge on any atom is 0.258 e. The highest BCUT2D eigenvalue weighted by molar-refractivity contribution is 7.92. The van der Waals surface area contributed by atoms with E-state index in [0.29, 0.717) is 25.4 Å². The van der Waals surface area contributed by atoms with Gasteiger partial charge in [0.05, 0.1) is 36.7 Å². The summed E-state index contributed by atoms with van der Waals surface area (Å²) in [6, 6.07) is 14.5. The van der Waals surface area contributed by atoms with Crippen molar-refractivity contribution < 1.29 is 27.8 Å². The first kappa shape index (κ1) is 31.9. The van der Waals surface area contributed by atoms with Gasteiger partial charge in [-0.25, -0.2) is 8.42 Å². The fourth-order valence-corrected chi connectivity index (χ4v) is 5.48. The van der Waals surface area contributed by atoms with Gasteiger partial charge in [-0.3, -0.25) is 14.4 Å². The Morgan fingerprint density at radius 2 is 1.88 bits per heavy atom. The third kappa shape index (κ3) is 9.76. The number of carbonyl (C=O) groups excluding carboxylic acids is 1. The van der Waals surface area contributed by atoms with Gasteiger partial charge in [-0.05, 0) is 63.9 Å². The lowest BCUT2D eigenvalue weighted by molar-refractivity contribution is -0.0177. The van der Waals surface area contributed by atoms with E-state index >= 15 is 0 Å². The Bertz CT molecular complexity index is 1190. The van der Waals surface area contributed by atoms with Crippen LogP contribution in [0.5, 0.6) is 5.75 Å². The molecule has 9 nitrogen and oxygen atoms in total. The molecule has 2 N–H and O–H groups in total. The number of hydrogen-bond acceptors (Lipinski definition) is 7. The molecule has 0 saturated heterocycles. The highest BCUT2D eigenvalue weighted by Gasteiger charge is 2.30. The molecule has 2 aromatic rings. The number of nitrogens with one attached hydrogen (secondary N) is 1. The number of aliphatic hydroxyl groups is 1. The molecule has 1 amide bonds. The van der Waals surface area contributed by atoms with Crippen LogP contribution in [-0.2, 0) is 21.3 Å². The number of amides is 1. The Balaban J connectivity index is 1.92. The summed E-state index contributed by atoms with van der Waals surface area (Å²) >= 11 is 0. The van der Waals surface area contributed by atoms with E-state index in [1.165, 1.54) is 11.6 Å². The second-order valence-corrected chi connectivity index (χ2v) is 12.8. The van der Waals surface area contributed by atoms with E-state index < -0.39 is 16.1 Å². The molecule has 3 rings (SSSR count). The Labute approximate surface area is 239 Å². The maximum atomic E-state index is 14.1. The zero-order valence-corrected chi connectivity index (χ0v) is 25.2. The molecule has 0 aromatic heterocycles. The van der Waals surface area contributed by atoms with Crippen molar-refractivity contribution in [3.8, 4) is 5.75 Å². The van der Waals surface area contributed by atoms with Gasteiger partial charge in [0.25, 0.3) is 5.91 Å². The van der Waals surface area contributed by atoms with Crippen molar-refractivity contribution in [2.45, 2.75) is 64.8 Å². The number of benzene rings is 2. The molecule has 2 aromatic carbocycles. The van der Waals surface area contributed by atoms with Crippen molar-refractivity contribution in [1.29, 1.82) is 0 Å². The van der Waals surface area contributed by atoms with E-state index in [9.17, 15) is 18.3 Å². The summed E-state index contributed by atoms with van der Waals surface area (Å²) in [5, 5.41) is 10.1. The predicted octanol–water partition coefficient (Wildman–Crippen LogP) is 3.99. The number of ether oxygens (including phenoxy) is 2. The fourth-order valence-electron chi connectivity index (χ4n) is 4.93. The summed E-state index contributed by atoms with van der Waals surface area (Å²) in [5.74, 6) is 0.0210. The normalized spacial score (nSPS) is 22.2. The summed E-state index contributed by atoms with van der Waals surface area (Å²) in [6.45, 7) is 8.04. The summed E-state index contributed by atoms with van der Waals surface area (Å²) in [7, 11) is -1.47. The molecule has 0 fully saturated rings. The van der Waals surface area contributed by atoms with E-state index in [4.69, 9.17) is 9.47 Å². The number of rotatable bonds is 8. The molecule has 0 saturated carbocycles. The first-order valence-corrected chi connectivity index (χ1v) is 15.9. The van der Waals surface area contributed by atoms with Crippen molar-refractivity contribution in [1.82, 2.24) is 9.80 Å². The summed E-state index contributed by atoms with van der Waals surface area (Å²) in [5.41, 5.74) is 1.75. The molecule has 0 spiro atoms. The molecule has 1 heterocycles. The third-order valence-corrected chi connectivity index (χ3v) is 7.75. The van der Waals surface area contributed by atoms with Gasteiger partial charge >= 0.3 is 0 Å². The van der Waals surface area contributed by atoms with Gasteiger partial charge < -0.3 is 19.5 Å². The average Bonchev–Trinajstić information content (AvgIpc) is 2.90. The average molecular weight is 576 g/mol. The molecular weight excluding hydrogens is 530 g/mol. The predicted molar refractivity (Wildman–Crippen MR) is 158 cm³/mol. The Hall–Kier alpha value is -2.66. The van der Waals surface area contributed by atoms with Crippen LogP contribution in [0.3, 0.4) is 0 Å². The molecule has 0 unspecified atom stereocenters. The number of nitrogens with zero attached hydrogens (tertiary/aromatic N) is 2. The van der Waals surface area contributed by atoms with Gasteiger partial charge in [0.15, 0.2) is 0 Å². The summed E-state index contributed by atoms with van der Waals surface area (Å²) in [4.78, 5) is 17.9. The minimum Gasteiger partial charge on any atom is -0.490 e. The quantitative estimate of drug-likeness (QED) is 0.490. The zero-order chi connectivity index (χ0) is 29.3. The lowest BCUT2D eigenvalue weighted by Crippen LogP contribution is -2.47. The standard InChI is InChI=1S/C30H45N3O6S/c1-22-18-33(23(2)21-34)30(35)27-17-26(31-40(5,36)37)14-15-28(27)39-24(3)11-9-10-16-38-29(22)20-32(4)19-25-12-7-6-8-13-25/h6-8,12-15,17,22-24,29,31,34H,9-11,16,18-21H2,1-5H3/t22-,23+,24+,29-/m0/s1. The largest absolute Gasteiger partial charge is 0.490 e. The van der Waals surface area contributed by atoms with Crippen molar-refractivity contribution in [2.75, 3.05) is 44.3 Å². The van der Waals surface area contributed by atoms with Crippen molar-refractivity contribution in [3.63, 3.8) is 0 Å². The molecule has 0 radical (unpaired) electrons. The molecular formula is C30H45N3O6S. The highest BCUT2D eigenvalue weighted by Crippen LogP contribution is 2.29. The maximum absolute atomic E-state index is 14.1. The van der Waals surface area contributed by atoms with Crippen LogP contribution in [0.2, 0.25) is 0 Å². The minimum absolute atomic E-state index is 0.0419. The Morgan fingerprint density at radius 1 is 1.15 bits per heavy atom. The van der Waals surface area contributed by atoms with Crippen molar-refractivity contribution >= 4 is 21.6 Å². The van der Waals surface area contributed by atoms with Crippen LogP contribution in [0.4, 0.5) is 5.69 Å². The molecule has 1 aliphatic rings. The third-order valence-electron chi connectivity index (χ3n) is 7.14. The zero-order valence-electron chi connectivity index (χ0n) is 24.4. The van der Waals surface area contributed by atoms with Crippen LogP contribution in [0.15, 0.2) is 48.5 Å². The number of aliphatic hydroxyl groups excluding tert-OH is 1. The van der Waals surface area contributed by atoms with Crippen LogP contribution < -0.4 is 9.46 Å². The van der Waals surface area contributed by atoms with Crippen molar-refractivity contribution in [2.24, 2.45) is 5.92 Å². The van der Waals surface area contributed by atoms with Gasteiger partial charge in [-0.1, -0.05) is 37.3 Å². The second-order valence-electron chi connectivity index (χ2n) is 11.1. The molecule has 1 aliphatic heterocycles. The van der Waals surface area contributed by atoms with Gasteiger partial charge in [-0.15, -0.1) is 0 Å². The van der Waals surface area contributed by atoms with E-state index in [1.807, 2.05) is 25.1 Å². The van der Waals surface area contributed by atoms with Crippen LogP contribution in [0.1, 0.15) is 56.0 Å². The minimum atomic E-state index is -3.54. The molecule has 10 heteroatoms. The van der Waals surface area contributed by atoms with E-state index in [0.717, 1.165) is 32.1 Å². The first-order valence-electron chi connectivity index (χ1n) is 14.0. The number of likely N-dealkylation sites (N-methyl/N-ethyl adjacent to an activating group) is 1. The van der Waals surface area contributed by atoms with Crippen LogP contribution in [0.25, 0.3) is 0 Å².